The Hall–Kier alpha value is -4.18. The summed E-state index contributed by atoms with van der Waals surface area (Å²) in [6.07, 6.45) is -6.58. The van der Waals surface area contributed by atoms with Crippen molar-refractivity contribution in [1.82, 2.24) is 5.32 Å². The molecule has 1 aromatic carbocycles. The summed E-state index contributed by atoms with van der Waals surface area (Å²) in [7, 11) is 1.10. The van der Waals surface area contributed by atoms with Crippen molar-refractivity contribution in [2.24, 2.45) is 0 Å². The zero-order valence-corrected chi connectivity index (χ0v) is 25.8. The summed E-state index contributed by atoms with van der Waals surface area (Å²) < 4.78 is 37.7. The molecule has 1 aromatic rings. The van der Waals surface area contributed by atoms with Gasteiger partial charge in [-0.1, -0.05) is 30.0 Å². The number of carbonyl (C=O) groups excluding carboxylic acids is 7. The van der Waals surface area contributed by atoms with Gasteiger partial charge in [0.25, 0.3) is 5.91 Å². The van der Waals surface area contributed by atoms with Gasteiger partial charge < -0.3 is 38.5 Å². The summed E-state index contributed by atoms with van der Waals surface area (Å²) in [4.78, 5) is 84.7. The molecule has 1 aliphatic rings. The van der Waals surface area contributed by atoms with E-state index in [9.17, 15) is 33.6 Å². The predicted octanol–water partition coefficient (Wildman–Crippen LogP) is 0.843. The number of carbonyl (C=O) groups is 7. The van der Waals surface area contributed by atoms with Crippen LogP contribution in [0.3, 0.4) is 0 Å². The predicted molar refractivity (Wildman–Crippen MR) is 148 cm³/mol. The monoisotopic (exact) mass is 641 g/mol. The van der Waals surface area contributed by atoms with Crippen LogP contribution in [0, 0.1) is 0 Å². The Bertz CT molecular complexity index is 1220. The van der Waals surface area contributed by atoms with Crippen molar-refractivity contribution in [3.63, 3.8) is 0 Å². The van der Waals surface area contributed by atoms with E-state index in [1.165, 1.54) is 0 Å². The first kappa shape index (κ1) is 36.0. The highest BCUT2D eigenvalue weighted by Crippen LogP contribution is 2.45. The number of amides is 1. The third-order valence-electron chi connectivity index (χ3n) is 5.89. The summed E-state index contributed by atoms with van der Waals surface area (Å²) in [6.45, 7) is 3.99. The van der Waals surface area contributed by atoms with Gasteiger partial charge in [-0.2, -0.15) is 0 Å². The van der Waals surface area contributed by atoms with Gasteiger partial charge in [0.1, 0.15) is 18.8 Å². The van der Waals surface area contributed by atoms with Crippen LogP contribution in [0.1, 0.15) is 41.0 Å². The fourth-order valence-corrected chi connectivity index (χ4v) is 5.59. The maximum atomic E-state index is 13.5. The molecule has 1 aliphatic heterocycles. The van der Waals surface area contributed by atoms with Crippen LogP contribution in [0.25, 0.3) is 0 Å². The molecule has 0 saturated carbocycles. The van der Waals surface area contributed by atoms with Crippen molar-refractivity contribution in [3.05, 3.63) is 30.3 Å². The van der Waals surface area contributed by atoms with Crippen LogP contribution < -0.4 is 5.32 Å². The minimum atomic E-state index is -1.99. The molecule has 0 spiro atoms. The zero-order valence-electron chi connectivity index (χ0n) is 25.0. The highest BCUT2D eigenvalue weighted by molar-refractivity contribution is 8.01. The van der Waals surface area contributed by atoms with Crippen LogP contribution >= 0.6 is 11.8 Å². The molecule has 16 heteroatoms. The standard InChI is InChI=1S/C28H35NO14S/c1-15(30)38-13-22(41-18(4)33)25(42-19(5)34)26-24(29-23(35)14-39-16(2)31)21(40-17(3)32)12-28(43-26,27(36)37-6)44-20-10-8-7-9-11-20/h7-11,21-22,24-26H,12-14H2,1-6H3,(H,29,35)/t21-,22+,24+,25+,26+,28-/m0/s1. The molecule has 1 N–H and O–H groups in total. The van der Waals surface area contributed by atoms with E-state index in [2.05, 4.69) is 5.32 Å². The van der Waals surface area contributed by atoms with E-state index in [0.717, 1.165) is 53.5 Å². The molecule has 0 aromatic heterocycles. The Kier molecular flexibility index (Phi) is 13.6. The van der Waals surface area contributed by atoms with Gasteiger partial charge in [-0.3, -0.25) is 28.8 Å². The number of hydrogen-bond acceptors (Lipinski definition) is 15. The molecule has 242 valence electrons. The Morgan fingerprint density at radius 3 is 2.02 bits per heavy atom. The average Bonchev–Trinajstić information content (AvgIpc) is 2.93. The molecule has 1 amide bonds. The fraction of sp³-hybridized carbons (Fsp3) is 0.536. The van der Waals surface area contributed by atoms with E-state index >= 15 is 0 Å². The lowest BCUT2D eigenvalue weighted by Crippen LogP contribution is -2.68. The molecule has 44 heavy (non-hydrogen) atoms. The van der Waals surface area contributed by atoms with Crippen LogP contribution in [0.5, 0.6) is 0 Å². The molecule has 0 radical (unpaired) electrons. The SMILES string of the molecule is COC(=O)[C@@]1(Sc2ccccc2)C[C@H](OC(C)=O)[C@@H](NC(=O)COC(C)=O)[C@H]([C@H](OC(C)=O)[C@@H](COC(C)=O)OC(C)=O)O1. The molecular formula is C28H35NO14S. The summed E-state index contributed by atoms with van der Waals surface area (Å²) in [5.74, 6) is -5.89. The highest BCUT2D eigenvalue weighted by Gasteiger charge is 2.59. The first-order valence-electron chi connectivity index (χ1n) is 13.3. The third kappa shape index (κ3) is 10.8. The maximum absolute atomic E-state index is 13.5. The smallest absolute Gasteiger partial charge is 0.349 e. The van der Waals surface area contributed by atoms with E-state index < -0.39 is 90.3 Å². The van der Waals surface area contributed by atoms with Crippen molar-refractivity contribution >= 4 is 53.5 Å². The van der Waals surface area contributed by atoms with E-state index in [-0.39, 0.29) is 6.42 Å². The molecule has 0 unspecified atom stereocenters. The van der Waals surface area contributed by atoms with Gasteiger partial charge in [-0.15, -0.1) is 0 Å². The van der Waals surface area contributed by atoms with Crippen LogP contribution in [-0.4, -0.2) is 97.4 Å². The van der Waals surface area contributed by atoms with Crippen molar-refractivity contribution in [1.29, 1.82) is 0 Å². The van der Waals surface area contributed by atoms with E-state index in [1.807, 2.05) is 0 Å². The number of esters is 6. The topological polar surface area (TPSA) is 196 Å². The first-order valence-corrected chi connectivity index (χ1v) is 14.1. The van der Waals surface area contributed by atoms with Crippen LogP contribution in [-0.2, 0) is 66.7 Å². The zero-order chi connectivity index (χ0) is 33.0. The highest BCUT2D eigenvalue weighted by atomic mass is 32.2. The second-order valence-corrected chi connectivity index (χ2v) is 10.8. The Balaban J connectivity index is 2.78. The third-order valence-corrected chi connectivity index (χ3v) is 7.15. The molecule has 0 bridgehead atoms. The van der Waals surface area contributed by atoms with Gasteiger partial charge in [0, 0.05) is 45.9 Å². The second kappa shape index (κ2) is 16.6. The first-order chi connectivity index (χ1) is 20.7. The molecule has 1 saturated heterocycles. The van der Waals surface area contributed by atoms with Gasteiger partial charge in [-0.05, 0) is 12.1 Å². The van der Waals surface area contributed by atoms with Crippen LogP contribution in [0.4, 0.5) is 0 Å². The minimum absolute atomic E-state index is 0.386. The number of hydrogen-bond donors (Lipinski definition) is 1. The number of benzene rings is 1. The Labute approximate surface area is 257 Å². The lowest BCUT2D eigenvalue weighted by Gasteiger charge is -2.48. The molecule has 6 atom stereocenters. The molecule has 0 aliphatic carbocycles. The molecular weight excluding hydrogens is 606 g/mol. The maximum Gasteiger partial charge on any atom is 0.349 e. The lowest BCUT2D eigenvalue weighted by atomic mass is 9.89. The van der Waals surface area contributed by atoms with Gasteiger partial charge in [0.05, 0.1) is 13.2 Å². The molecule has 1 heterocycles. The Morgan fingerprint density at radius 1 is 0.886 bits per heavy atom. The van der Waals surface area contributed by atoms with Crippen LogP contribution in [0.15, 0.2) is 35.2 Å². The minimum Gasteiger partial charge on any atom is -0.466 e. The van der Waals surface area contributed by atoms with Gasteiger partial charge in [-0.25, -0.2) is 4.79 Å². The normalized spacial score (nSPS) is 22.3. The van der Waals surface area contributed by atoms with Crippen LogP contribution in [0.2, 0.25) is 0 Å². The lowest BCUT2D eigenvalue weighted by molar-refractivity contribution is -0.224. The number of methoxy groups -OCH3 is 1. The summed E-state index contributed by atoms with van der Waals surface area (Å²) in [5.41, 5.74) is 0. The number of rotatable bonds is 13. The number of ether oxygens (including phenoxy) is 7. The Morgan fingerprint density at radius 2 is 1.50 bits per heavy atom. The van der Waals surface area contributed by atoms with Gasteiger partial charge in [0.15, 0.2) is 18.8 Å². The largest absolute Gasteiger partial charge is 0.466 e. The number of nitrogens with one attached hydrogen (secondary N) is 1. The van der Waals surface area contributed by atoms with Gasteiger partial charge in [0.2, 0.25) is 4.93 Å². The fourth-order valence-electron chi connectivity index (χ4n) is 4.34. The van der Waals surface area contributed by atoms with E-state index in [1.54, 1.807) is 30.3 Å². The van der Waals surface area contributed by atoms with Crippen molar-refractivity contribution < 1.29 is 66.7 Å². The van der Waals surface area contributed by atoms with Crippen molar-refractivity contribution in [2.75, 3.05) is 20.3 Å². The van der Waals surface area contributed by atoms with E-state index in [0.29, 0.717) is 4.90 Å². The van der Waals surface area contributed by atoms with Crippen molar-refractivity contribution in [3.8, 4) is 0 Å². The summed E-state index contributed by atoms with van der Waals surface area (Å²) in [5, 5.41) is 2.55. The summed E-state index contributed by atoms with van der Waals surface area (Å²) >= 11 is 0.891. The molecule has 15 nitrogen and oxygen atoms in total. The summed E-state index contributed by atoms with van der Waals surface area (Å²) in [6, 6.07) is 7.08. The van der Waals surface area contributed by atoms with Crippen molar-refractivity contribution in [2.45, 2.75) is 81.3 Å². The quantitative estimate of drug-likeness (QED) is 0.235. The number of thioether (sulfide) groups is 1. The van der Waals surface area contributed by atoms with E-state index in [4.69, 9.17) is 33.2 Å². The second-order valence-electron chi connectivity index (χ2n) is 9.49. The van der Waals surface area contributed by atoms with Gasteiger partial charge >= 0.3 is 35.8 Å². The molecule has 1 fully saturated rings. The molecule has 2 rings (SSSR count). The average molecular weight is 642 g/mol.